The summed E-state index contributed by atoms with van der Waals surface area (Å²) < 4.78 is 0. The predicted molar refractivity (Wildman–Crippen MR) is 80.4 cm³/mol. The Kier molecular flexibility index (Phi) is 4.95. The highest BCUT2D eigenvalue weighted by molar-refractivity contribution is 7.98. The van der Waals surface area contributed by atoms with Crippen LogP contribution in [-0.2, 0) is 12.3 Å². The van der Waals surface area contributed by atoms with Crippen LogP contribution in [0.15, 0.2) is 47.4 Å². The van der Waals surface area contributed by atoms with Gasteiger partial charge in [-0.05, 0) is 35.4 Å². The van der Waals surface area contributed by atoms with Crippen molar-refractivity contribution in [2.24, 2.45) is 5.73 Å². The first-order chi connectivity index (χ1) is 8.69. The first-order valence-corrected chi connectivity index (χ1v) is 7.29. The fourth-order valence-electron chi connectivity index (χ4n) is 1.53. The summed E-state index contributed by atoms with van der Waals surface area (Å²) in [6.45, 7) is 0.516. The van der Waals surface area contributed by atoms with E-state index in [1.54, 1.807) is 11.8 Å². The Morgan fingerprint density at radius 2 is 1.61 bits per heavy atom. The largest absolute Gasteiger partial charge is 0.326 e. The normalized spacial score (nSPS) is 10.6. The van der Waals surface area contributed by atoms with Crippen LogP contribution in [0.3, 0.4) is 0 Å². The number of nitrogens with two attached hydrogens (primary N) is 1. The average molecular weight is 298 g/mol. The van der Waals surface area contributed by atoms with Crippen molar-refractivity contribution in [1.29, 1.82) is 0 Å². The number of thioether (sulfide) groups is 1. The number of hydrogen-bond acceptors (Lipinski definition) is 2. The molecule has 0 bridgehead atoms. The lowest BCUT2D eigenvalue weighted by molar-refractivity contribution is 1.07. The second kappa shape index (κ2) is 6.48. The molecule has 0 unspecified atom stereocenters. The molecule has 0 saturated heterocycles. The van der Waals surface area contributed by atoms with E-state index in [-0.39, 0.29) is 0 Å². The lowest BCUT2D eigenvalue weighted by Crippen LogP contribution is -1.95. The summed E-state index contributed by atoms with van der Waals surface area (Å²) in [5, 5.41) is 1.52. The van der Waals surface area contributed by atoms with Crippen LogP contribution in [0, 0.1) is 0 Å². The van der Waals surface area contributed by atoms with Crippen LogP contribution in [0.1, 0.15) is 11.1 Å². The number of benzene rings is 2. The fourth-order valence-corrected chi connectivity index (χ4v) is 2.90. The molecular formula is C14H13Cl2NS. The minimum Gasteiger partial charge on any atom is -0.326 e. The lowest BCUT2D eigenvalue weighted by atomic mass is 10.2. The molecule has 0 aromatic heterocycles. The molecule has 0 spiro atoms. The highest BCUT2D eigenvalue weighted by Gasteiger charge is 2.03. The van der Waals surface area contributed by atoms with Crippen molar-refractivity contribution < 1.29 is 0 Å². The van der Waals surface area contributed by atoms with Crippen molar-refractivity contribution in [3.05, 3.63) is 63.6 Å². The molecule has 0 radical (unpaired) electrons. The molecule has 1 nitrogen and oxygen atoms in total. The number of halogens is 2. The van der Waals surface area contributed by atoms with Gasteiger partial charge < -0.3 is 5.73 Å². The highest BCUT2D eigenvalue weighted by Crippen LogP contribution is 2.30. The molecule has 0 aliphatic rings. The van der Waals surface area contributed by atoms with Crippen molar-refractivity contribution >= 4 is 35.0 Å². The van der Waals surface area contributed by atoms with Gasteiger partial charge in [0.2, 0.25) is 0 Å². The van der Waals surface area contributed by atoms with Crippen LogP contribution < -0.4 is 5.73 Å². The van der Waals surface area contributed by atoms with E-state index < -0.39 is 0 Å². The van der Waals surface area contributed by atoms with Gasteiger partial charge in [-0.1, -0.05) is 41.4 Å². The molecule has 4 heteroatoms. The SMILES string of the molecule is NCc1ccc(SCc2ccc(Cl)cc2)c(Cl)c1. The van der Waals surface area contributed by atoms with Gasteiger partial charge in [0.15, 0.2) is 0 Å². The Morgan fingerprint density at radius 3 is 2.22 bits per heavy atom. The minimum atomic E-state index is 0.516. The van der Waals surface area contributed by atoms with Gasteiger partial charge in [0.25, 0.3) is 0 Å². The fraction of sp³-hybridized carbons (Fsp3) is 0.143. The monoisotopic (exact) mass is 297 g/mol. The molecule has 0 aliphatic carbocycles. The van der Waals surface area contributed by atoms with Gasteiger partial charge in [0.1, 0.15) is 0 Å². The van der Waals surface area contributed by atoms with Crippen LogP contribution in [0.25, 0.3) is 0 Å². The van der Waals surface area contributed by atoms with E-state index in [0.717, 1.165) is 26.3 Å². The molecule has 0 heterocycles. The van der Waals surface area contributed by atoms with Crippen molar-refractivity contribution in [1.82, 2.24) is 0 Å². The minimum absolute atomic E-state index is 0.516. The van der Waals surface area contributed by atoms with E-state index in [4.69, 9.17) is 28.9 Å². The lowest BCUT2D eigenvalue weighted by Gasteiger charge is -2.06. The molecule has 0 amide bonds. The highest BCUT2D eigenvalue weighted by atomic mass is 35.5. The Balaban J connectivity index is 2.04. The van der Waals surface area contributed by atoms with Gasteiger partial charge in [-0.25, -0.2) is 0 Å². The molecule has 2 aromatic rings. The maximum absolute atomic E-state index is 6.20. The molecule has 94 valence electrons. The Labute approximate surface area is 121 Å². The topological polar surface area (TPSA) is 26.0 Å². The van der Waals surface area contributed by atoms with Gasteiger partial charge in [-0.3, -0.25) is 0 Å². The van der Waals surface area contributed by atoms with Crippen molar-refractivity contribution in [2.75, 3.05) is 0 Å². The van der Waals surface area contributed by atoms with Crippen LogP contribution in [0.4, 0.5) is 0 Å². The van der Waals surface area contributed by atoms with Crippen LogP contribution in [0.2, 0.25) is 10.0 Å². The third-order valence-corrected chi connectivity index (χ3v) is 4.36. The number of hydrogen-bond donors (Lipinski definition) is 1. The van der Waals surface area contributed by atoms with Crippen LogP contribution in [-0.4, -0.2) is 0 Å². The zero-order valence-corrected chi connectivity index (χ0v) is 12.0. The van der Waals surface area contributed by atoms with Gasteiger partial charge >= 0.3 is 0 Å². The third-order valence-electron chi connectivity index (χ3n) is 2.54. The van der Waals surface area contributed by atoms with Crippen LogP contribution >= 0.6 is 35.0 Å². The maximum atomic E-state index is 6.20. The maximum Gasteiger partial charge on any atom is 0.0545 e. The Morgan fingerprint density at radius 1 is 0.944 bits per heavy atom. The quantitative estimate of drug-likeness (QED) is 0.825. The Hall–Kier alpha value is -0.670. The first-order valence-electron chi connectivity index (χ1n) is 5.55. The van der Waals surface area contributed by atoms with E-state index >= 15 is 0 Å². The molecule has 18 heavy (non-hydrogen) atoms. The summed E-state index contributed by atoms with van der Waals surface area (Å²) in [7, 11) is 0. The molecule has 0 saturated carbocycles. The van der Waals surface area contributed by atoms with Crippen molar-refractivity contribution in [3.8, 4) is 0 Å². The second-order valence-corrected chi connectivity index (χ2v) is 5.74. The first kappa shape index (κ1) is 13.8. The van der Waals surface area contributed by atoms with Crippen molar-refractivity contribution in [3.63, 3.8) is 0 Å². The Bertz CT molecular complexity index is 526. The molecule has 0 atom stereocenters. The van der Waals surface area contributed by atoms with Gasteiger partial charge in [0, 0.05) is 22.2 Å². The summed E-state index contributed by atoms with van der Waals surface area (Å²) in [6, 6.07) is 13.8. The molecule has 2 rings (SSSR count). The summed E-state index contributed by atoms with van der Waals surface area (Å²) >= 11 is 13.8. The molecule has 0 aliphatic heterocycles. The van der Waals surface area contributed by atoms with E-state index in [9.17, 15) is 0 Å². The third kappa shape index (κ3) is 3.66. The van der Waals surface area contributed by atoms with E-state index in [1.807, 2.05) is 42.5 Å². The summed E-state index contributed by atoms with van der Waals surface area (Å²) in [4.78, 5) is 1.07. The average Bonchev–Trinajstić information content (AvgIpc) is 2.39. The van der Waals surface area contributed by atoms with Gasteiger partial charge in [0.05, 0.1) is 5.02 Å². The zero-order valence-electron chi connectivity index (χ0n) is 9.70. The van der Waals surface area contributed by atoms with E-state index in [2.05, 4.69) is 0 Å². The smallest absolute Gasteiger partial charge is 0.0545 e. The summed E-state index contributed by atoms with van der Waals surface area (Å²) in [5.41, 5.74) is 7.85. The van der Waals surface area contributed by atoms with Gasteiger partial charge in [-0.2, -0.15) is 0 Å². The molecule has 2 N–H and O–H groups in total. The summed E-state index contributed by atoms with van der Waals surface area (Å²) in [5.74, 6) is 0.874. The van der Waals surface area contributed by atoms with Crippen molar-refractivity contribution in [2.45, 2.75) is 17.2 Å². The van der Waals surface area contributed by atoms with Gasteiger partial charge in [-0.15, -0.1) is 11.8 Å². The zero-order chi connectivity index (χ0) is 13.0. The second-order valence-electron chi connectivity index (χ2n) is 3.88. The standard InChI is InChI=1S/C14H13Cl2NS/c15-12-4-1-10(2-5-12)9-18-14-6-3-11(8-17)7-13(14)16/h1-7H,8-9,17H2. The predicted octanol–water partition coefficient (Wildman–Crippen LogP) is 4.74. The van der Waals surface area contributed by atoms with E-state index in [0.29, 0.717) is 6.54 Å². The van der Waals surface area contributed by atoms with Crippen LogP contribution in [0.5, 0.6) is 0 Å². The molecule has 2 aromatic carbocycles. The molecular weight excluding hydrogens is 285 g/mol. The number of rotatable bonds is 4. The molecule has 0 fully saturated rings. The summed E-state index contributed by atoms with van der Waals surface area (Å²) in [6.07, 6.45) is 0. The van der Waals surface area contributed by atoms with E-state index in [1.165, 1.54) is 5.56 Å².